The zero-order chi connectivity index (χ0) is 21.8. The van der Waals surface area contributed by atoms with Crippen molar-refractivity contribution in [2.24, 2.45) is 11.3 Å². The SMILES string of the molecule is CC(C)CN(CCc1nc(-c2cccc(C(F)(F)F)c2)no1)C(=O)CC(C)(C)C. The van der Waals surface area contributed by atoms with Crippen LogP contribution in [-0.4, -0.2) is 34.0 Å². The summed E-state index contributed by atoms with van der Waals surface area (Å²) in [7, 11) is 0. The highest BCUT2D eigenvalue weighted by Crippen LogP contribution is 2.31. The van der Waals surface area contributed by atoms with Gasteiger partial charge in [-0.05, 0) is 23.5 Å². The fourth-order valence-electron chi connectivity index (χ4n) is 2.86. The number of carbonyl (C=O) groups excluding carboxylic acids is 1. The zero-order valence-corrected chi connectivity index (χ0v) is 17.5. The fraction of sp³-hybridized carbons (Fsp3) is 0.571. The quantitative estimate of drug-likeness (QED) is 0.627. The lowest BCUT2D eigenvalue weighted by Crippen LogP contribution is -2.37. The van der Waals surface area contributed by atoms with Crippen LogP contribution in [0, 0.1) is 11.3 Å². The number of benzene rings is 1. The van der Waals surface area contributed by atoms with Gasteiger partial charge >= 0.3 is 6.18 Å². The second-order valence-electron chi connectivity index (χ2n) is 8.81. The molecular formula is C21H28F3N3O2. The van der Waals surface area contributed by atoms with Crippen LogP contribution in [-0.2, 0) is 17.4 Å². The van der Waals surface area contributed by atoms with Gasteiger partial charge in [-0.25, -0.2) is 0 Å². The van der Waals surface area contributed by atoms with Crippen molar-refractivity contribution in [3.05, 3.63) is 35.7 Å². The number of carbonyl (C=O) groups is 1. The van der Waals surface area contributed by atoms with Crippen LogP contribution in [0.2, 0.25) is 0 Å². The van der Waals surface area contributed by atoms with E-state index in [1.165, 1.54) is 12.1 Å². The normalized spacial score (nSPS) is 12.4. The van der Waals surface area contributed by atoms with Gasteiger partial charge in [0.1, 0.15) is 0 Å². The summed E-state index contributed by atoms with van der Waals surface area (Å²) in [6.45, 7) is 11.1. The van der Waals surface area contributed by atoms with Crippen LogP contribution in [0.4, 0.5) is 13.2 Å². The Bertz CT molecular complexity index is 823. The third-order valence-electron chi connectivity index (χ3n) is 4.13. The highest BCUT2D eigenvalue weighted by Gasteiger charge is 2.31. The van der Waals surface area contributed by atoms with E-state index in [1.807, 2.05) is 34.6 Å². The lowest BCUT2D eigenvalue weighted by Gasteiger charge is -2.27. The summed E-state index contributed by atoms with van der Waals surface area (Å²) >= 11 is 0. The molecule has 2 aromatic rings. The number of halogens is 3. The average molecular weight is 411 g/mol. The first kappa shape index (κ1) is 22.9. The third kappa shape index (κ3) is 7.18. The molecule has 0 saturated carbocycles. The number of hydrogen-bond donors (Lipinski definition) is 0. The zero-order valence-electron chi connectivity index (χ0n) is 17.5. The molecular weight excluding hydrogens is 383 g/mol. The lowest BCUT2D eigenvalue weighted by atomic mass is 9.91. The lowest BCUT2D eigenvalue weighted by molar-refractivity contribution is -0.137. The van der Waals surface area contributed by atoms with E-state index in [9.17, 15) is 18.0 Å². The van der Waals surface area contributed by atoms with Gasteiger partial charge in [0.05, 0.1) is 5.56 Å². The Morgan fingerprint density at radius 1 is 1.21 bits per heavy atom. The summed E-state index contributed by atoms with van der Waals surface area (Å²) in [6.07, 6.45) is -3.67. The Labute approximate surface area is 169 Å². The summed E-state index contributed by atoms with van der Waals surface area (Å²) in [5.74, 6) is 0.753. The second-order valence-corrected chi connectivity index (χ2v) is 8.81. The molecule has 1 aromatic heterocycles. The number of nitrogens with zero attached hydrogens (tertiary/aromatic N) is 3. The Kier molecular flexibility index (Phi) is 7.08. The van der Waals surface area contributed by atoms with Crippen molar-refractivity contribution in [1.82, 2.24) is 15.0 Å². The molecule has 0 bridgehead atoms. The van der Waals surface area contributed by atoms with Crippen molar-refractivity contribution in [3.8, 4) is 11.4 Å². The average Bonchev–Trinajstić information content (AvgIpc) is 3.05. The van der Waals surface area contributed by atoms with Crippen LogP contribution in [0.5, 0.6) is 0 Å². The first-order valence-electron chi connectivity index (χ1n) is 9.63. The molecule has 0 N–H and O–H groups in total. The Balaban J connectivity index is 2.09. The maximum absolute atomic E-state index is 12.9. The van der Waals surface area contributed by atoms with Crippen LogP contribution in [0.15, 0.2) is 28.8 Å². The van der Waals surface area contributed by atoms with E-state index < -0.39 is 11.7 Å². The Morgan fingerprint density at radius 2 is 1.90 bits per heavy atom. The van der Waals surface area contributed by atoms with Gasteiger partial charge < -0.3 is 9.42 Å². The van der Waals surface area contributed by atoms with Crippen LogP contribution in [0.1, 0.15) is 52.5 Å². The fourth-order valence-corrected chi connectivity index (χ4v) is 2.86. The van der Waals surface area contributed by atoms with E-state index in [0.717, 1.165) is 12.1 Å². The maximum atomic E-state index is 12.9. The van der Waals surface area contributed by atoms with E-state index in [-0.39, 0.29) is 28.6 Å². The Hall–Kier alpha value is -2.38. The number of amides is 1. The van der Waals surface area contributed by atoms with Crippen LogP contribution in [0.3, 0.4) is 0 Å². The van der Waals surface area contributed by atoms with Gasteiger partial charge in [-0.3, -0.25) is 4.79 Å². The molecule has 0 spiro atoms. The molecule has 29 heavy (non-hydrogen) atoms. The van der Waals surface area contributed by atoms with Gasteiger partial charge in [0, 0.05) is 31.5 Å². The van der Waals surface area contributed by atoms with Gasteiger partial charge in [-0.15, -0.1) is 0 Å². The molecule has 0 aliphatic rings. The molecule has 1 aromatic carbocycles. The minimum Gasteiger partial charge on any atom is -0.342 e. The molecule has 5 nitrogen and oxygen atoms in total. The van der Waals surface area contributed by atoms with Gasteiger partial charge in [0.15, 0.2) is 0 Å². The van der Waals surface area contributed by atoms with Crippen molar-refractivity contribution < 1.29 is 22.5 Å². The number of alkyl halides is 3. The third-order valence-corrected chi connectivity index (χ3v) is 4.13. The standard InChI is InChI=1S/C21H28F3N3O2/c1-14(2)13-27(18(28)12-20(3,4)5)10-9-17-25-19(26-29-17)15-7-6-8-16(11-15)21(22,23)24/h6-8,11,14H,9-10,12-13H2,1-5H3. The van der Waals surface area contributed by atoms with Crippen LogP contribution < -0.4 is 0 Å². The molecule has 1 amide bonds. The molecule has 0 unspecified atom stereocenters. The highest BCUT2D eigenvalue weighted by atomic mass is 19.4. The van der Waals surface area contributed by atoms with Gasteiger partial charge in [0.25, 0.3) is 0 Å². The van der Waals surface area contributed by atoms with Gasteiger partial charge in [-0.2, -0.15) is 18.2 Å². The molecule has 0 atom stereocenters. The minimum absolute atomic E-state index is 0.0591. The van der Waals surface area contributed by atoms with Crippen molar-refractivity contribution >= 4 is 5.91 Å². The van der Waals surface area contributed by atoms with E-state index in [4.69, 9.17) is 4.52 Å². The largest absolute Gasteiger partial charge is 0.416 e. The topological polar surface area (TPSA) is 59.2 Å². The first-order chi connectivity index (χ1) is 13.3. The molecule has 0 radical (unpaired) electrons. The predicted molar refractivity (Wildman–Crippen MR) is 104 cm³/mol. The molecule has 8 heteroatoms. The van der Waals surface area contributed by atoms with Crippen molar-refractivity contribution in [1.29, 1.82) is 0 Å². The maximum Gasteiger partial charge on any atom is 0.416 e. The predicted octanol–water partition coefficient (Wildman–Crippen LogP) is 5.22. The number of rotatable bonds is 7. The summed E-state index contributed by atoms with van der Waals surface area (Å²) in [6, 6.07) is 4.80. The summed E-state index contributed by atoms with van der Waals surface area (Å²) < 4.78 is 43.9. The summed E-state index contributed by atoms with van der Waals surface area (Å²) in [5, 5.41) is 3.80. The molecule has 0 aliphatic carbocycles. The molecule has 2 rings (SSSR count). The summed E-state index contributed by atoms with van der Waals surface area (Å²) in [4.78, 5) is 18.6. The van der Waals surface area contributed by atoms with E-state index >= 15 is 0 Å². The molecule has 160 valence electrons. The minimum atomic E-state index is -4.44. The monoisotopic (exact) mass is 411 g/mol. The van der Waals surface area contributed by atoms with Crippen molar-refractivity contribution in [2.75, 3.05) is 13.1 Å². The van der Waals surface area contributed by atoms with Crippen LogP contribution in [0.25, 0.3) is 11.4 Å². The van der Waals surface area contributed by atoms with Crippen molar-refractivity contribution in [2.45, 2.75) is 53.6 Å². The molecule has 1 heterocycles. The smallest absolute Gasteiger partial charge is 0.342 e. The van der Waals surface area contributed by atoms with E-state index in [1.54, 1.807) is 4.90 Å². The first-order valence-corrected chi connectivity index (χ1v) is 9.63. The number of hydrogen-bond acceptors (Lipinski definition) is 4. The molecule has 0 saturated heterocycles. The van der Waals surface area contributed by atoms with Crippen LogP contribution >= 0.6 is 0 Å². The van der Waals surface area contributed by atoms with E-state index in [2.05, 4.69) is 10.1 Å². The second kappa shape index (κ2) is 8.97. The Morgan fingerprint density at radius 3 is 2.48 bits per heavy atom. The van der Waals surface area contributed by atoms with E-state index in [0.29, 0.717) is 31.8 Å². The molecule has 0 fully saturated rings. The van der Waals surface area contributed by atoms with Gasteiger partial charge in [-0.1, -0.05) is 51.9 Å². The van der Waals surface area contributed by atoms with Crippen molar-refractivity contribution in [3.63, 3.8) is 0 Å². The number of aromatic nitrogens is 2. The van der Waals surface area contributed by atoms with Gasteiger partial charge in [0.2, 0.25) is 17.6 Å². The highest BCUT2D eigenvalue weighted by molar-refractivity contribution is 5.76. The summed E-state index contributed by atoms with van der Waals surface area (Å²) in [5.41, 5.74) is -0.650. The molecule has 0 aliphatic heterocycles.